The number of hydrogen-bond donors (Lipinski definition) is 0. The topological polar surface area (TPSA) is 9.23 Å². The Hall–Kier alpha value is 0.459. The minimum atomic E-state index is 0.463. The largest absolute Gasteiger partial charge is 0.426 e. The zero-order chi connectivity index (χ0) is 4.12. The number of rotatable bonds is 2. The van der Waals surface area contributed by atoms with Crippen LogP contribution in [0.25, 0.3) is 0 Å². The van der Waals surface area contributed by atoms with Crippen LogP contribution in [0.1, 0.15) is 0 Å². The summed E-state index contributed by atoms with van der Waals surface area (Å²) in [5.41, 5.74) is 0. The van der Waals surface area contributed by atoms with Crippen LogP contribution in [-0.4, -0.2) is 32.7 Å². The van der Waals surface area contributed by atoms with E-state index in [4.69, 9.17) is 7.44 Å². The Morgan fingerprint density at radius 2 is 2.40 bits per heavy atom. The van der Waals surface area contributed by atoms with Crippen LogP contribution in [0.15, 0.2) is 0 Å². The van der Waals surface area contributed by atoms with Gasteiger partial charge in [0.1, 0.15) is 0 Å². The van der Waals surface area contributed by atoms with Crippen LogP contribution in [0.4, 0.5) is 0 Å². The van der Waals surface area contributed by atoms with E-state index in [0.717, 1.165) is 0 Å². The first kappa shape index (κ1) is 5.46. The SMILES string of the molecule is [B][Si][Si]OC. The molecule has 0 spiro atoms. The Morgan fingerprint density at radius 3 is 2.40 bits per heavy atom. The van der Waals surface area contributed by atoms with E-state index in [0.29, 0.717) is 18.2 Å². The van der Waals surface area contributed by atoms with Gasteiger partial charge in [0.25, 0.3) is 0 Å². The third-order valence-electron chi connectivity index (χ3n) is 0.161. The molecular weight excluding hydrogens is 95.0 g/mol. The second kappa shape index (κ2) is 4.46. The van der Waals surface area contributed by atoms with Crippen molar-refractivity contribution in [3.63, 3.8) is 0 Å². The molecule has 0 aliphatic rings. The smallest absolute Gasteiger partial charge is 0.194 e. The van der Waals surface area contributed by atoms with Gasteiger partial charge in [0, 0.05) is 23.5 Å². The molecule has 0 aliphatic carbocycles. The van der Waals surface area contributed by atoms with Gasteiger partial charge in [0.2, 0.25) is 0 Å². The third kappa shape index (κ3) is 4.46. The summed E-state index contributed by atoms with van der Waals surface area (Å²) in [6.45, 7) is 0. The average molecular weight is 98.0 g/mol. The Kier molecular flexibility index (Phi) is 4.87. The molecule has 0 bridgehead atoms. The fraction of sp³-hybridized carbons (Fsp3) is 1.00. The molecule has 6 radical (unpaired) electrons. The molecular formula is CH3BOSi2. The van der Waals surface area contributed by atoms with Gasteiger partial charge in [-0.25, -0.2) is 0 Å². The summed E-state index contributed by atoms with van der Waals surface area (Å²) in [6.07, 6.45) is 0. The maximum atomic E-state index is 5.05. The standard InChI is InChI=1S/CH3BOSi2/c1-3-5-4-2/h1H3. The second-order valence-corrected chi connectivity index (χ2v) is 2.83. The highest BCUT2D eigenvalue weighted by Crippen LogP contribution is 1.46. The molecule has 1 nitrogen and oxygen atoms in total. The van der Waals surface area contributed by atoms with Gasteiger partial charge in [0.15, 0.2) is 9.28 Å². The summed E-state index contributed by atoms with van der Waals surface area (Å²) >= 11 is 0. The predicted molar refractivity (Wildman–Crippen MR) is 24.3 cm³/mol. The lowest BCUT2D eigenvalue weighted by molar-refractivity contribution is 0.454. The van der Waals surface area contributed by atoms with Gasteiger partial charge in [-0.05, 0) is 0 Å². The Morgan fingerprint density at radius 1 is 1.80 bits per heavy atom. The highest BCUT2D eigenvalue weighted by atomic mass is 29.2. The van der Waals surface area contributed by atoms with Gasteiger partial charge in [-0.2, -0.15) is 0 Å². The summed E-state index contributed by atoms with van der Waals surface area (Å²) < 4.78 is 4.61. The average Bonchev–Trinajstić information content (AvgIpc) is 1.41. The predicted octanol–water partition coefficient (Wildman–Crippen LogP) is -1.05. The lowest BCUT2D eigenvalue weighted by Crippen LogP contribution is -2.04. The van der Waals surface area contributed by atoms with E-state index in [1.807, 2.05) is 0 Å². The first-order chi connectivity index (χ1) is 2.41. The van der Waals surface area contributed by atoms with Gasteiger partial charge in [-0.1, -0.05) is 0 Å². The molecule has 0 aliphatic heterocycles. The van der Waals surface area contributed by atoms with E-state index in [1.54, 1.807) is 7.11 Å². The fourth-order valence-corrected chi connectivity index (χ4v) is 0.530. The summed E-state index contributed by atoms with van der Waals surface area (Å²) in [6, 6.07) is 0. The van der Waals surface area contributed by atoms with E-state index in [-0.39, 0.29) is 0 Å². The molecule has 0 aromatic heterocycles. The Balaban J connectivity index is 2.19. The molecule has 4 heteroatoms. The van der Waals surface area contributed by atoms with Gasteiger partial charge in [-0.15, -0.1) is 0 Å². The van der Waals surface area contributed by atoms with Crippen molar-refractivity contribution in [1.82, 2.24) is 0 Å². The van der Waals surface area contributed by atoms with E-state index < -0.39 is 0 Å². The highest BCUT2D eigenvalue weighted by molar-refractivity contribution is 7.21. The molecule has 0 N–H and O–H groups in total. The van der Waals surface area contributed by atoms with Crippen LogP contribution in [-0.2, 0) is 4.43 Å². The molecule has 0 aromatic carbocycles. The Bertz CT molecular complexity index is 17.1. The van der Waals surface area contributed by atoms with Crippen molar-refractivity contribution in [1.29, 1.82) is 0 Å². The molecule has 0 heterocycles. The molecule has 0 aromatic rings. The first-order valence-electron chi connectivity index (χ1n) is 1.15. The van der Waals surface area contributed by atoms with E-state index in [1.165, 1.54) is 0 Å². The van der Waals surface area contributed by atoms with Crippen molar-refractivity contribution in [2.75, 3.05) is 7.11 Å². The van der Waals surface area contributed by atoms with Crippen molar-refractivity contribution in [3.05, 3.63) is 0 Å². The fourth-order valence-electron chi connectivity index (χ4n) is 0.0589. The molecule has 24 valence electrons. The van der Waals surface area contributed by atoms with Crippen molar-refractivity contribution in [3.8, 4) is 0 Å². The quantitative estimate of drug-likeness (QED) is 0.400. The zero-order valence-corrected chi connectivity index (χ0v) is 4.99. The van der Waals surface area contributed by atoms with Crippen molar-refractivity contribution in [2.24, 2.45) is 0 Å². The normalized spacial score (nSPS) is 8.20. The summed E-state index contributed by atoms with van der Waals surface area (Å²) in [5.74, 6) is 0. The van der Waals surface area contributed by atoms with Crippen LogP contribution >= 0.6 is 0 Å². The monoisotopic (exact) mass is 98.0 g/mol. The van der Waals surface area contributed by atoms with Gasteiger partial charge >= 0.3 is 0 Å². The van der Waals surface area contributed by atoms with Crippen LogP contribution in [0.2, 0.25) is 0 Å². The van der Waals surface area contributed by atoms with Crippen molar-refractivity contribution >= 4 is 25.6 Å². The van der Waals surface area contributed by atoms with E-state index in [9.17, 15) is 0 Å². The maximum Gasteiger partial charge on any atom is 0.194 e. The molecule has 0 saturated heterocycles. The van der Waals surface area contributed by atoms with Crippen molar-refractivity contribution in [2.45, 2.75) is 0 Å². The van der Waals surface area contributed by atoms with Crippen LogP contribution in [0, 0.1) is 0 Å². The molecule has 0 amide bonds. The van der Waals surface area contributed by atoms with E-state index in [2.05, 4.69) is 4.43 Å². The third-order valence-corrected chi connectivity index (χ3v) is 1.45. The molecule has 5 heavy (non-hydrogen) atoms. The molecule has 0 rings (SSSR count). The molecule has 0 atom stereocenters. The van der Waals surface area contributed by atoms with Crippen LogP contribution in [0.5, 0.6) is 0 Å². The minimum Gasteiger partial charge on any atom is -0.426 e. The summed E-state index contributed by atoms with van der Waals surface area (Å²) in [4.78, 5) is 0. The van der Waals surface area contributed by atoms with Crippen LogP contribution in [0.3, 0.4) is 0 Å². The maximum absolute atomic E-state index is 5.05. The zero-order valence-electron chi connectivity index (χ0n) is 2.99. The molecule has 0 fully saturated rings. The van der Waals surface area contributed by atoms with Crippen LogP contribution < -0.4 is 0 Å². The van der Waals surface area contributed by atoms with E-state index >= 15 is 0 Å². The molecule has 0 unspecified atom stereocenters. The summed E-state index contributed by atoms with van der Waals surface area (Å²) in [5, 5.41) is 0. The lowest BCUT2D eigenvalue weighted by Gasteiger charge is -1.80. The second-order valence-electron chi connectivity index (χ2n) is 0.451. The molecule has 0 saturated carbocycles. The van der Waals surface area contributed by atoms with Crippen molar-refractivity contribution < 1.29 is 4.43 Å². The Labute approximate surface area is 38.0 Å². The first-order valence-corrected chi connectivity index (χ1v) is 4.14. The summed E-state index contributed by atoms with van der Waals surface area (Å²) in [7, 11) is 7.67. The number of hydrogen-bond acceptors (Lipinski definition) is 1. The van der Waals surface area contributed by atoms with Gasteiger partial charge in [-0.3, -0.25) is 0 Å². The van der Waals surface area contributed by atoms with Gasteiger partial charge in [0.05, 0.1) is 0 Å². The lowest BCUT2D eigenvalue weighted by atomic mass is 10.8. The minimum absolute atomic E-state index is 0.463. The van der Waals surface area contributed by atoms with Gasteiger partial charge < -0.3 is 4.43 Å². The highest BCUT2D eigenvalue weighted by Gasteiger charge is 1.73.